The summed E-state index contributed by atoms with van der Waals surface area (Å²) in [6.07, 6.45) is 4.87. The van der Waals surface area contributed by atoms with E-state index in [1.54, 1.807) is 19.1 Å². The Morgan fingerprint density at radius 3 is 2.15 bits per heavy atom. The van der Waals surface area contributed by atoms with E-state index in [-0.39, 0.29) is 10.9 Å². The Morgan fingerprint density at radius 2 is 1.50 bits per heavy atom. The van der Waals surface area contributed by atoms with E-state index in [0.717, 1.165) is 19.3 Å². The van der Waals surface area contributed by atoms with Gasteiger partial charge in [-0.25, -0.2) is 13.2 Å². The molecule has 0 aromatic heterocycles. The van der Waals surface area contributed by atoms with Crippen LogP contribution in [0.5, 0.6) is 0 Å². The highest BCUT2D eigenvalue weighted by molar-refractivity contribution is 5.89. The molecule has 0 spiro atoms. The zero-order chi connectivity index (χ0) is 18.7. The van der Waals surface area contributed by atoms with Crippen LogP contribution in [0.2, 0.25) is 0 Å². The Hall–Kier alpha value is -2.29. The first kappa shape index (κ1) is 18.5. The third-order valence-electron chi connectivity index (χ3n) is 4.92. The standard InChI is InChI=1S/C23H23F3/c1-3-5-6-7-15-8-10-17(11-9-15)19-14-18-13-12-16(4-2)21(24)20(18)23(26)22(19)25/h8-14H,3-7H2,1-2H3. The van der Waals surface area contributed by atoms with Crippen molar-refractivity contribution in [2.24, 2.45) is 0 Å². The summed E-state index contributed by atoms with van der Waals surface area (Å²) in [4.78, 5) is 0. The minimum atomic E-state index is -1.11. The molecular formula is C23H23F3. The average molecular weight is 356 g/mol. The number of aryl methyl sites for hydroxylation is 2. The van der Waals surface area contributed by atoms with Crippen LogP contribution >= 0.6 is 0 Å². The summed E-state index contributed by atoms with van der Waals surface area (Å²) < 4.78 is 43.7. The first-order chi connectivity index (χ1) is 12.6. The number of unbranched alkanes of at least 4 members (excludes halogenated alkanes) is 2. The van der Waals surface area contributed by atoms with E-state index in [1.165, 1.54) is 18.1 Å². The second kappa shape index (κ2) is 7.94. The maximum atomic E-state index is 14.6. The molecule has 0 aliphatic carbocycles. The SMILES string of the molecule is CCCCCc1ccc(-c2cc3ccc(CC)c(F)c3c(F)c2F)cc1. The first-order valence-corrected chi connectivity index (χ1v) is 9.25. The molecule has 0 heterocycles. The molecule has 0 fully saturated rings. The molecule has 136 valence electrons. The van der Waals surface area contributed by atoms with Crippen LogP contribution in [-0.2, 0) is 12.8 Å². The first-order valence-electron chi connectivity index (χ1n) is 9.25. The normalized spacial score (nSPS) is 11.3. The van der Waals surface area contributed by atoms with Crippen LogP contribution < -0.4 is 0 Å². The van der Waals surface area contributed by atoms with Crippen LogP contribution in [0.3, 0.4) is 0 Å². The number of hydrogen-bond donors (Lipinski definition) is 0. The Labute approximate surface area is 152 Å². The molecule has 0 nitrogen and oxygen atoms in total. The summed E-state index contributed by atoms with van der Waals surface area (Å²) in [5.41, 5.74) is 2.34. The number of hydrogen-bond acceptors (Lipinski definition) is 0. The van der Waals surface area contributed by atoms with Crippen molar-refractivity contribution in [1.29, 1.82) is 0 Å². The molecule has 0 saturated carbocycles. The molecule has 0 N–H and O–H groups in total. The summed E-state index contributed by atoms with van der Waals surface area (Å²) >= 11 is 0. The highest BCUT2D eigenvalue weighted by Gasteiger charge is 2.19. The Balaban J connectivity index is 2.02. The molecule has 3 rings (SSSR count). The molecule has 0 amide bonds. The van der Waals surface area contributed by atoms with Crippen molar-refractivity contribution in [3.8, 4) is 11.1 Å². The van der Waals surface area contributed by atoms with Crippen molar-refractivity contribution in [3.05, 3.63) is 71.0 Å². The molecular weight excluding hydrogens is 333 g/mol. The van der Waals surface area contributed by atoms with Gasteiger partial charge >= 0.3 is 0 Å². The van der Waals surface area contributed by atoms with Gasteiger partial charge in [-0.05, 0) is 47.4 Å². The van der Waals surface area contributed by atoms with Crippen molar-refractivity contribution in [2.75, 3.05) is 0 Å². The van der Waals surface area contributed by atoms with Crippen molar-refractivity contribution < 1.29 is 13.2 Å². The fourth-order valence-corrected chi connectivity index (χ4v) is 3.34. The summed E-state index contributed by atoms with van der Waals surface area (Å²) in [5, 5.41) is 0.113. The third kappa shape index (κ3) is 3.48. The zero-order valence-electron chi connectivity index (χ0n) is 15.2. The molecule has 3 heteroatoms. The van der Waals surface area contributed by atoms with Crippen LogP contribution in [0.15, 0.2) is 42.5 Å². The molecule has 0 radical (unpaired) electrons. The van der Waals surface area contributed by atoms with Crippen LogP contribution in [0.4, 0.5) is 13.2 Å². The van der Waals surface area contributed by atoms with Crippen molar-refractivity contribution in [1.82, 2.24) is 0 Å². The molecule has 0 unspecified atom stereocenters. The second-order valence-corrected chi connectivity index (χ2v) is 6.70. The van der Waals surface area contributed by atoms with Gasteiger partial charge in [0, 0.05) is 5.56 Å². The van der Waals surface area contributed by atoms with Crippen molar-refractivity contribution >= 4 is 10.8 Å². The molecule has 0 aliphatic heterocycles. The van der Waals surface area contributed by atoms with E-state index < -0.39 is 17.5 Å². The zero-order valence-corrected chi connectivity index (χ0v) is 15.2. The molecule has 3 aromatic carbocycles. The maximum absolute atomic E-state index is 14.6. The van der Waals surface area contributed by atoms with Gasteiger partial charge in [0.2, 0.25) is 0 Å². The Kier molecular flexibility index (Phi) is 5.65. The van der Waals surface area contributed by atoms with Gasteiger partial charge < -0.3 is 0 Å². The number of fused-ring (bicyclic) bond motifs is 1. The number of rotatable bonds is 6. The lowest BCUT2D eigenvalue weighted by atomic mass is 9.96. The van der Waals surface area contributed by atoms with Gasteiger partial charge in [-0.15, -0.1) is 0 Å². The monoisotopic (exact) mass is 356 g/mol. The van der Waals surface area contributed by atoms with Crippen LogP contribution in [-0.4, -0.2) is 0 Å². The van der Waals surface area contributed by atoms with Crippen molar-refractivity contribution in [2.45, 2.75) is 46.0 Å². The average Bonchev–Trinajstić information content (AvgIpc) is 2.65. The van der Waals surface area contributed by atoms with Gasteiger partial charge in [-0.1, -0.05) is 63.1 Å². The highest BCUT2D eigenvalue weighted by Crippen LogP contribution is 2.33. The lowest BCUT2D eigenvalue weighted by molar-refractivity contribution is 0.513. The van der Waals surface area contributed by atoms with Crippen LogP contribution in [0, 0.1) is 17.5 Å². The number of halogens is 3. The largest absolute Gasteiger partial charge is 0.206 e. The van der Waals surface area contributed by atoms with Crippen LogP contribution in [0.25, 0.3) is 21.9 Å². The minimum Gasteiger partial charge on any atom is -0.206 e. The molecule has 0 atom stereocenters. The topological polar surface area (TPSA) is 0 Å². The lowest BCUT2D eigenvalue weighted by Crippen LogP contribution is -1.97. The van der Waals surface area contributed by atoms with Gasteiger partial charge in [0.15, 0.2) is 11.6 Å². The van der Waals surface area contributed by atoms with Gasteiger partial charge in [-0.3, -0.25) is 0 Å². The van der Waals surface area contributed by atoms with E-state index in [4.69, 9.17) is 0 Å². The minimum absolute atomic E-state index is 0.166. The third-order valence-corrected chi connectivity index (χ3v) is 4.92. The summed E-state index contributed by atoms with van der Waals surface area (Å²) in [7, 11) is 0. The summed E-state index contributed by atoms with van der Waals surface area (Å²) in [6.45, 7) is 3.95. The quantitative estimate of drug-likeness (QED) is 0.409. The Morgan fingerprint density at radius 1 is 0.769 bits per heavy atom. The molecule has 0 saturated heterocycles. The fourth-order valence-electron chi connectivity index (χ4n) is 3.34. The van der Waals surface area contributed by atoms with Gasteiger partial charge in [0.25, 0.3) is 0 Å². The molecule has 3 aromatic rings. The second-order valence-electron chi connectivity index (χ2n) is 6.70. The van der Waals surface area contributed by atoms with E-state index in [2.05, 4.69) is 6.92 Å². The lowest BCUT2D eigenvalue weighted by Gasteiger charge is -2.11. The van der Waals surface area contributed by atoms with E-state index >= 15 is 0 Å². The smallest absolute Gasteiger partial charge is 0.170 e. The van der Waals surface area contributed by atoms with Gasteiger partial charge in [-0.2, -0.15) is 0 Å². The maximum Gasteiger partial charge on any atom is 0.170 e. The predicted molar refractivity (Wildman–Crippen MR) is 102 cm³/mol. The van der Waals surface area contributed by atoms with Gasteiger partial charge in [0.05, 0.1) is 5.39 Å². The molecule has 0 aliphatic rings. The fraction of sp³-hybridized carbons (Fsp3) is 0.304. The molecule has 0 bridgehead atoms. The van der Waals surface area contributed by atoms with E-state index in [9.17, 15) is 13.2 Å². The van der Waals surface area contributed by atoms with E-state index in [0.29, 0.717) is 22.9 Å². The number of benzene rings is 3. The van der Waals surface area contributed by atoms with Crippen molar-refractivity contribution in [3.63, 3.8) is 0 Å². The molecule has 26 heavy (non-hydrogen) atoms. The summed E-state index contributed by atoms with van der Waals surface area (Å²) in [6, 6.07) is 12.3. The summed E-state index contributed by atoms with van der Waals surface area (Å²) in [5.74, 6) is -2.78. The Bertz CT molecular complexity index is 911. The van der Waals surface area contributed by atoms with Gasteiger partial charge in [0.1, 0.15) is 5.82 Å². The van der Waals surface area contributed by atoms with Crippen LogP contribution in [0.1, 0.15) is 44.2 Å². The van der Waals surface area contributed by atoms with E-state index in [1.807, 2.05) is 24.3 Å². The highest BCUT2D eigenvalue weighted by atomic mass is 19.2. The predicted octanol–water partition coefficient (Wildman–Crippen LogP) is 7.22.